The Balaban J connectivity index is 1.85. The number of carbonyl (C=O) groups is 1. The fraction of sp³-hybridized carbons (Fsp3) is 0.105. The van der Waals surface area contributed by atoms with Gasteiger partial charge in [-0.05, 0) is 61.9 Å². The van der Waals surface area contributed by atoms with Crippen molar-refractivity contribution in [1.82, 2.24) is 0 Å². The molecule has 0 atom stereocenters. The molecule has 0 aliphatic rings. The highest BCUT2D eigenvalue weighted by molar-refractivity contribution is 7.93. The number of hydrogen-bond acceptors (Lipinski definition) is 4. The van der Waals surface area contributed by atoms with Crippen LogP contribution in [0.2, 0.25) is 5.02 Å². The maximum atomic E-state index is 12.7. The van der Waals surface area contributed by atoms with Gasteiger partial charge in [-0.3, -0.25) is 4.79 Å². The molecule has 1 amide bonds. The summed E-state index contributed by atoms with van der Waals surface area (Å²) < 4.78 is 25.4. The predicted octanol–water partition coefficient (Wildman–Crippen LogP) is 5.10. The van der Waals surface area contributed by atoms with E-state index in [1.165, 1.54) is 36.4 Å². The van der Waals surface area contributed by atoms with Gasteiger partial charge in [0.05, 0.1) is 9.77 Å². The molecule has 0 aliphatic heterocycles. The molecule has 134 valence electrons. The molecule has 0 spiro atoms. The van der Waals surface area contributed by atoms with Crippen molar-refractivity contribution in [2.75, 3.05) is 5.32 Å². The first-order valence-electron chi connectivity index (χ1n) is 7.76. The number of thiophene rings is 1. The number of rotatable bonds is 4. The maximum absolute atomic E-state index is 12.7. The lowest BCUT2D eigenvalue weighted by Gasteiger charge is -2.08. The summed E-state index contributed by atoms with van der Waals surface area (Å²) in [6.07, 6.45) is 0. The second-order valence-electron chi connectivity index (χ2n) is 5.85. The van der Waals surface area contributed by atoms with E-state index in [1.807, 2.05) is 32.0 Å². The smallest absolute Gasteiger partial charge is 0.265 e. The van der Waals surface area contributed by atoms with Gasteiger partial charge in [-0.25, -0.2) is 8.42 Å². The van der Waals surface area contributed by atoms with Crippen LogP contribution in [0.1, 0.15) is 20.8 Å². The minimum absolute atomic E-state index is 0.116. The minimum Gasteiger partial charge on any atom is -0.321 e. The Hall–Kier alpha value is -2.15. The average molecular weight is 406 g/mol. The van der Waals surface area contributed by atoms with Gasteiger partial charge in [-0.2, -0.15) is 0 Å². The van der Waals surface area contributed by atoms with Gasteiger partial charge in [0, 0.05) is 10.7 Å². The highest BCUT2D eigenvalue weighted by Crippen LogP contribution is 2.29. The molecule has 1 heterocycles. The van der Waals surface area contributed by atoms with Crippen molar-refractivity contribution in [3.8, 4) is 0 Å². The van der Waals surface area contributed by atoms with E-state index in [0.717, 1.165) is 22.5 Å². The zero-order valence-electron chi connectivity index (χ0n) is 14.1. The lowest BCUT2D eigenvalue weighted by molar-refractivity contribution is 0.103. The predicted molar refractivity (Wildman–Crippen MR) is 105 cm³/mol. The van der Waals surface area contributed by atoms with Crippen LogP contribution in [-0.4, -0.2) is 14.3 Å². The summed E-state index contributed by atoms with van der Waals surface area (Å²) in [6, 6.07) is 14.6. The molecule has 2 aromatic carbocycles. The quantitative estimate of drug-likeness (QED) is 0.656. The van der Waals surface area contributed by atoms with Gasteiger partial charge < -0.3 is 5.32 Å². The monoisotopic (exact) mass is 405 g/mol. The Morgan fingerprint density at radius 1 is 1.00 bits per heavy atom. The van der Waals surface area contributed by atoms with E-state index < -0.39 is 9.84 Å². The molecule has 4 nitrogen and oxygen atoms in total. The van der Waals surface area contributed by atoms with Crippen molar-refractivity contribution >= 4 is 44.4 Å². The molecule has 0 saturated carbocycles. The van der Waals surface area contributed by atoms with Gasteiger partial charge in [0.2, 0.25) is 9.84 Å². The highest BCUT2D eigenvalue weighted by atomic mass is 35.5. The van der Waals surface area contributed by atoms with Crippen LogP contribution >= 0.6 is 22.9 Å². The summed E-state index contributed by atoms with van der Waals surface area (Å²) in [4.78, 5) is 12.9. The number of sulfone groups is 1. The molecule has 0 saturated heterocycles. The SMILES string of the molecule is Cc1ccc(NC(=O)c2ccc(S(=O)(=O)c3ccc(Cl)cc3)s2)c(C)c1. The fourth-order valence-corrected chi connectivity index (χ4v) is 5.18. The van der Waals surface area contributed by atoms with Crippen LogP contribution in [0.3, 0.4) is 0 Å². The second kappa shape index (κ2) is 7.23. The number of anilines is 1. The van der Waals surface area contributed by atoms with Crippen molar-refractivity contribution in [2.45, 2.75) is 23.0 Å². The topological polar surface area (TPSA) is 63.2 Å². The van der Waals surface area contributed by atoms with Crippen molar-refractivity contribution in [3.63, 3.8) is 0 Å². The van der Waals surface area contributed by atoms with Crippen LogP contribution in [0.5, 0.6) is 0 Å². The summed E-state index contributed by atoms with van der Waals surface area (Å²) in [5, 5.41) is 3.29. The van der Waals surface area contributed by atoms with Crippen molar-refractivity contribution in [1.29, 1.82) is 0 Å². The van der Waals surface area contributed by atoms with E-state index in [4.69, 9.17) is 11.6 Å². The van der Waals surface area contributed by atoms with Gasteiger partial charge >= 0.3 is 0 Å². The van der Waals surface area contributed by atoms with Crippen molar-refractivity contribution in [2.24, 2.45) is 0 Å². The third-order valence-corrected chi connectivity index (χ3v) is 7.42. The van der Waals surface area contributed by atoms with Gasteiger partial charge in [0.1, 0.15) is 4.21 Å². The number of amides is 1. The number of halogens is 1. The zero-order chi connectivity index (χ0) is 18.9. The zero-order valence-corrected chi connectivity index (χ0v) is 16.5. The Bertz CT molecular complexity index is 1070. The van der Waals surface area contributed by atoms with Crippen LogP contribution < -0.4 is 5.32 Å². The van der Waals surface area contributed by atoms with Crippen LogP contribution in [0, 0.1) is 13.8 Å². The molecule has 1 N–H and O–H groups in total. The van der Waals surface area contributed by atoms with Gasteiger partial charge in [-0.1, -0.05) is 29.3 Å². The number of aryl methyl sites for hydroxylation is 2. The van der Waals surface area contributed by atoms with Crippen LogP contribution in [0.25, 0.3) is 0 Å². The summed E-state index contributed by atoms with van der Waals surface area (Å²) in [7, 11) is -3.68. The molecular formula is C19H16ClNO3S2. The summed E-state index contributed by atoms with van der Waals surface area (Å²) >= 11 is 6.75. The lowest BCUT2D eigenvalue weighted by Crippen LogP contribution is -2.11. The Morgan fingerprint density at radius 2 is 1.69 bits per heavy atom. The first-order valence-corrected chi connectivity index (χ1v) is 10.4. The first-order chi connectivity index (χ1) is 12.3. The summed E-state index contributed by atoms with van der Waals surface area (Å²) in [5.41, 5.74) is 2.76. The Kier molecular flexibility index (Phi) is 5.18. The molecule has 3 rings (SSSR count). The van der Waals surface area contributed by atoms with Crippen LogP contribution in [0.4, 0.5) is 5.69 Å². The summed E-state index contributed by atoms with van der Waals surface area (Å²) in [6.45, 7) is 3.89. The normalized spacial score (nSPS) is 11.3. The standard InChI is InChI=1S/C19H16ClNO3S2/c1-12-3-8-16(13(2)11-12)21-19(22)17-9-10-18(25-17)26(23,24)15-6-4-14(20)5-7-15/h3-11H,1-2H3,(H,21,22). The lowest BCUT2D eigenvalue weighted by atomic mass is 10.1. The Labute approximate surface area is 161 Å². The number of hydrogen-bond donors (Lipinski definition) is 1. The van der Waals surface area contributed by atoms with Crippen molar-refractivity contribution in [3.05, 3.63) is 75.6 Å². The second-order valence-corrected chi connectivity index (χ2v) is 9.55. The van der Waals surface area contributed by atoms with Gasteiger partial charge in [-0.15, -0.1) is 11.3 Å². The molecule has 0 aliphatic carbocycles. The maximum Gasteiger partial charge on any atom is 0.265 e. The average Bonchev–Trinajstić information content (AvgIpc) is 3.09. The number of carbonyl (C=O) groups excluding carboxylic acids is 1. The van der Waals surface area contributed by atoms with Gasteiger partial charge in [0.25, 0.3) is 5.91 Å². The number of benzene rings is 2. The third kappa shape index (κ3) is 3.82. The van der Waals surface area contributed by atoms with Crippen molar-refractivity contribution < 1.29 is 13.2 Å². The van der Waals surface area contributed by atoms with E-state index in [0.29, 0.717) is 15.6 Å². The Morgan fingerprint density at radius 3 is 2.35 bits per heavy atom. The first kappa shape index (κ1) is 18.6. The molecule has 1 aromatic heterocycles. The van der Waals surface area contributed by atoms with Crippen LogP contribution in [0.15, 0.2) is 63.7 Å². The molecular weight excluding hydrogens is 390 g/mol. The molecule has 3 aromatic rings. The van der Waals surface area contributed by atoms with E-state index in [9.17, 15) is 13.2 Å². The van der Waals surface area contributed by atoms with Gasteiger partial charge in [0.15, 0.2) is 0 Å². The molecule has 0 bridgehead atoms. The molecule has 0 unspecified atom stereocenters. The highest BCUT2D eigenvalue weighted by Gasteiger charge is 2.22. The molecule has 0 fully saturated rings. The third-order valence-electron chi connectivity index (χ3n) is 3.82. The minimum atomic E-state index is -3.68. The largest absolute Gasteiger partial charge is 0.321 e. The van der Waals surface area contributed by atoms with Crippen LogP contribution in [-0.2, 0) is 9.84 Å². The van der Waals surface area contributed by atoms with E-state index in [-0.39, 0.29) is 15.0 Å². The molecule has 26 heavy (non-hydrogen) atoms. The molecule has 0 radical (unpaired) electrons. The fourth-order valence-electron chi connectivity index (χ4n) is 2.45. The van der Waals surface area contributed by atoms with E-state index >= 15 is 0 Å². The van der Waals surface area contributed by atoms with E-state index in [2.05, 4.69) is 5.32 Å². The van der Waals surface area contributed by atoms with E-state index in [1.54, 1.807) is 0 Å². The number of nitrogens with one attached hydrogen (secondary N) is 1. The summed E-state index contributed by atoms with van der Waals surface area (Å²) in [5.74, 6) is -0.334. The molecule has 7 heteroatoms.